The largest absolute Gasteiger partial charge is 0.494 e. The summed E-state index contributed by atoms with van der Waals surface area (Å²) in [6.07, 6.45) is 1.20. The van der Waals surface area contributed by atoms with E-state index in [1.54, 1.807) is 20.5 Å². The van der Waals surface area contributed by atoms with Gasteiger partial charge in [0.2, 0.25) is 5.95 Å². The van der Waals surface area contributed by atoms with Crippen LogP contribution in [-0.4, -0.2) is 35.6 Å². The number of nitrogens with one attached hydrogen (secondary N) is 1. The number of hydrogen-bond donors (Lipinski definition) is 1. The zero-order chi connectivity index (χ0) is 25.5. The first-order chi connectivity index (χ1) is 18.1. The number of nitrogens with zero attached hydrogens (tertiary/aromatic N) is 3. The maximum absolute atomic E-state index is 6.73. The van der Waals surface area contributed by atoms with Crippen molar-refractivity contribution in [1.82, 2.24) is 14.8 Å². The van der Waals surface area contributed by atoms with Gasteiger partial charge in [0.25, 0.3) is 0 Å². The number of benzene rings is 3. The van der Waals surface area contributed by atoms with Gasteiger partial charge in [-0.1, -0.05) is 29.8 Å². The van der Waals surface area contributed by atoms with Crippen LogP contribution < -0.4 is 24.3 Å². The van der Waals surface area contributed by atoms with E-state index in [0.29, 0.717) is 24.1 Å². The van der Waals surface area contributed by atoms with Crippen molar-refractivity contribution >= 4 is 11.6 Å². The molecule has 0 amide bonds. The van der Waals surface area contributed by atoms with Gasteiger partial charge in [0, 0.05) is 11.1 Å². The number of aromatic nitrogens is 3. The van der Waals surface area contributed by atoms with E-state index >= 15 is 0 Å². The van der Waals surface area contributed by atoms with Crippen LogP contribution in [0.15, 0.2) is 72.6 Å². The summed E-state index contributed by atoms with van der Waals surface area (Å²) >= 11 is 0. The van der Waals surface area contributed by atoms with Gasteiger partial charge < -0.3 is 24.3 Å². The Bertz CT molecular complexity index is 1490. The van der Waals surface area contributed by atoms with E-state index in [2.05, 4.69) is 46.6 Å². The Labute approximate surface area is 215 Å². The van der Waals surface area contributed by atoms with E-state index in [-0.39, 0.29) is 12.1 Å². The Balaban J connectivity index is 1.58. The first kappa shape index (κ1) is 23.0. The minimum Gasteiger partial charge on any atom is -0.494 e. The van der Waals surface area contributed by atoms with Crippen LogP contribution >= 0.6 is 0 Å². The zero-order valence-corrected chi connectivity index (χ0v) is 21.2. The molecular formula is C29H28N4O4. The molecule has 8 heteroatoms. The molecule has 0 radical (unpaired) electrons. The Hall–Kier alpha value is -4.46. The molecule has 3 aromatic carbocycles. The third kappa shape index (κ3) is 3.85. The molecule has 6 rings (SSSR count). The van der Waals surface area contributed by atoms with Crippen LogP contribution in [0.3, 0.4) is 0 Å². The lowest BCUT2D eigenvalue weighted by atomic mass is 9.84. The summed E-state index contributed by atoms with van der Waals surface area (Å²) in [5.41, 5.74) is 6.14. The van der Waals surface area contributed by atoms with Crippen LogP contribution in [0.2, 0.25) is 0 Å². The van der Waals surface area contributed by atoms with E-state index in [4.69, 9.17) is 18.9 Å². The van der Waals surface area contributed by atoms with Crippen molar-refractivity contribution in [2.45, 2.75) is 26.0 Å². The number of ether oxygens (including phenoxy) is 4. The van der Waals surface area contributed by atoms with E-state index in [0.717, 1.165) is 45.0 Å². The molecule has 37 heavy (non-hydrogen) atoms. The number of fused-ring (bicyclic) bond motifs is 3. The Morgan fingerprint density at radius 3 is 2.49 bits per heavy atom. The maximum Gasteiger partial charge on any atom is 0.226 e. The molecule has 2 atom stereocenters. The highest BCUT2D eigenvalue weighted by molar-refractivity contribution is 5.85. The Kier molecular flexibility index (Phi) is 5.71. The molecule has 8 nitrogen and oxygen atoms in total. The summed E-state index contributed by atoms with van der Waals surface area (Å²) in [4.78, 5) is 4.52. The first-order valence-corrected chi connectivity index (χ1v) is 12.2. The van der Waals surface area contributed by atoms with Crippen molar-refractivity contribution in [3.63, 3.8) is 0 Å². The average Bonchev–Trinajstić information content (AvgIpc) is 3.40. The van der Waals surface area contributed by atoms with Gasteiger partial charge in [-0.05, 0) is 61.4 Å². The summed E-state index contributed by atoms with van der Waals surface area (Å²) in [5, 5.41) is 8.16. The fourth-order valence-corrected chi connectivity index (χ4v) is 5.11. The van der Waals surface area contributed by atoms with Gasteiger partial charge in [-0.2, -0.15) is 10.1 Å². The summed E-state index contributed by atoms with van der Waals surface area (Å²) in [5.74, 6) is 3.61. The molecule has 188 valence electrons. The second kappa shape index (κ2) is 9.20. The topological polar surface area (TPSA) is 79.7 Å². The van der Waals surface area contributed by atoms with Gasteiger partial charge in [-0.25, -0.2) is 4.68 Å². The molecule has 0 fully saturated rings. The van der Waals surface area contributed by atoms with Crippen molar-refractivity contribution in [3.8, 4) is 23.0 Å². The molecule has 0 unspecified atom stereocenters. The molecule has 0 bridgehead atoms. The molecule has 0 aliphatic carbocycles. The highest BCUT2D eigenvalue weighted by Crippen LogP contribution is 2.51. The molecule has 1 N–H and O–H groups in total. The molecule has 4 aromatic rings. The first-order valence-electron chi connectivity index (χ1n) is 12.2. The fraction of sp³-hybridized carbons (Fsp3) is 0.241. The second-order valence-corrected chi connectivity index (χ2v) is 9.00. The van der Waals surface area contributed by atoms with E-state index < -0.39 is 0 Å². The predicted octanol–water partition coefficient (Wildman–Crippen LogP) is 5.56. The van der Waals surface area contributed by atoms with Crippen molar-refractivity contribution in [2.24, 2.45) is 0 Å². The standard InChI is InChI=1S/C29H28N4O4/c1-5-36-20-10-7-18(8-11-20)28-25-26(21-14-17(2)6-12-22(21)37-28)32-29-30-16-31-33(29)27(25)19-9-13-23(34-3)24(15-19)35-4/h6-16,27-28H,5H2,1-4H3,(H,30,31,32)/t27-,28+/m0/s1. The lowest BCUT2D eigenvalue weighted by Crippen LogP contribution is -2.32. The summed E-state index contributed by atoms with van der Waals surface area (Å²) < 4.78 is 25.5. The van der Waals surface area contributed by atoms with Crippen LogP contribution in [0.25, 0.3) is 5.70 Å². The van der Waals surface area contributed by atoms with Gasteiger partial charge in [0.1, 0.15) is 30.0 Å². The van der Waals surface area contributed by atoms with Gasteiger partial charge in [0.05, 0.1) is 26.5 Å². The van der Waals surface area contributed by atoms with Gasteiger partial charge >= 0.3 is 0 Å². The third-order valence-corrected chi connectivity index (χ3v) is 6.79. The molecule has 0 saturated heterocycles. The van der Waals surface area contributed by atoms with Gasteiger partial charge in [-0.15, -0.1) is 0 Å². The van der Waals surface area contributed by atoms with E-state index in [1.165, 1.54) is 0 Å². The summed E-state index contributed by atoms with van der Waals surface area (Å²) in [7, 11) is 3.27. The second-order valence-electron chi connectivity index (χ2n) is 9.00. The number of hydrogen-bond acceptors (Lipinski definition) is 7. The average molecular weight is 497 g/mol. The van der Waals surface area contributed by atoms with Crippen LogP contribution in [0, 0.1) is 6.92 Å². The number of methoxy groups -OCH3 is 2. The molecule has 2 aliphatic rings. The van der Waals surface area contributed by atoms with Gasteiger partial charge in [0.15, 0.2) is 11.5 Å². The Morgan fingerprint density at radius 2 is 1.73 bits per heavy atom. The molecular weight excluding hydrogens is 468 g/mol. The number of rotatable bonds is 6. The van der Waals surface area contributed by atoms with Crippen LogP contribution in [0.4, 0.5) is 5.95 Å². The van der Waals surface area contributed by atoms with Crippen molar-refractivity contribution in [2.75, 3.05) is 26.1 Å². The molecule has 3 heterocycles. The van der Waals surface area contributed by atoms with Crippen LogP contribution in [0.1, 0.15) is 41.3 Å². The molecule has 0 saturated carbocycles. The minimum atomic E-state index is -0.371. The summed E-state index contributed by atoms with van der Waals surface area (Å²) in [6.45, 7) is 4.67. The maximum atomic E-state index is 6.73. The van der Waals surface area contributed by atoms with Gasteiger partial charge in [-0.3, -0.25) is 0 Å². The third-order valence-electron chi connectivity index (χ3n) is 6.79. The highest BCUT2D eigenvalue weighted by atomic mass is 16.5. The number of anilines is 1. The molecule has 1 aromatic heterocycles. The Morgan fingerprint density at radius 1 is 0.946 bits per heavy atom. The van der Waals surface area contributed by atoms with Crippen LogP contribution in [0.5, 0.6) is 23.0 Å². The fourth-order valence-electron chi connectivity index (χ4n) is 5.11. The van der Waals surface area contributed by atoms with E-state index in [1.807, 2.05) is 48.0 Å². The van der Waals surface area contributed by atoms with Crippen molar-refractivity contribution in [1.29, 1.82) is 0 Å². The SMILES string of the molecule is CCOc1ccc([C@H]2Oc3ccc(C)cc3C3=C2[C@H](c2ccc(OC)c(OC)c2)n2ncnc2N3)cc1. The normalized spacial score (nSPS) is 17.6. The number of aryl methyl sites for hydroxylation is 1. The lowest BCUT2D eigenvalue weighted by molar-refractivity contribution is 0.222. The molecule has 0 spiro atoms. The van der Waals surface area contributed by atoms with E-state index in [9.17, 15) is 0 Å². The highest BCUT2D eigenvalue weighted by Gasteiger charge is 2.41. The minimum absolute atomic E-state index is 0.293. The quantitative estimate of drug-likeness (QED) is 0.374. The van der Waals surface area contributed by atoms with Crippen LogP contribution in [-0.2, 0) is 0 Å². The summed E-state index contributed by atoms with van der Waals surface area (Å²) in [6, 6.07) is 20.0. The zero-order valence-electron chi connectivity index (χ0n) is 21.2. The van der Waals surface area contributed by atoms with Crippen molar-refractivity contribution < 1.29 is 18.9 Å². The molecule has 2 aliphatic heterocycles. The smallest absolute Gasteiger partial charge is 0.226 e. The van der Waals surface area contributed by atoms with Crippen molar-refractivity contribution in [3.05, 3.63) is 94.8 Å². The predicted molar refractivity (Wildman–Crippen MR) is 140 cm³/mol. The lowest BCUT2D eigenvalue weighted by Gasteiger charge is -2.39. The monoisotopic (exact) mass is 496 g/mol.